The highest BCUT2D eigenvalue weighted by molar-refractivity contribution is 7.98. The summed E-state index contributed by atoms with van der Waals surface area (Å²) in [5.74, 6) is 1.70. The van der Waals surface area contributed by atoms with E-state index in [4.69, 9.17) is 11.6 Å². The quantitative estimate of drug-likeness (QED) is 0.798. The number of nitrogens with zero attached hydrogens (tertiary/aromatic N) is 3. The van der Waals surface area contributed by atoms with E-state index < -0.39 is 0 Å². The predicted octanol–water partition coefficient (Wildman–Crippen LogP) is 1.42. The smallest absolute Gasteiger partial charge is 0.140 e. The Hall–Kier alpha value is -0.520. The zero-order valence-electron chi connectivity index (χ0n) is 8.77. The van der Waals surface area contributed by atoms with Crippen LogP contribution in [-0.2, 0) is 6.61 Å². The molecule has 0 fully saturated rings. The molecule has 15 heavy (non-hydrogen) atoms. The summed E-state index contributed by atoms with van der Waals surface area (Å²) in [4.78, 5) is 9.93. The summed E-state index contributed by atoms with van der Waals surface area (Å²) in [5.41, 5.74) is 0.586. The second kappa shape index (κ2) is 6.15. The molecule has 0 bridgehead atoms. The first-order chi connectivity index (χ1) is 7.20. The van der Waals surface area contributed by atoms with Gasteiger partial charge in [0, 0.05) is 19.3 Å². The average Bonchev–Trinajstić information content (AvgIpc) is 2.25. The van der Waals surface area contributed by atoms with Crippen molar-refractivity contribution in [2.75, 3.05) is 30.5 Å². The van der Waals surface area contributed by atoms with Gasteiger partial charge in [0.25, 0.3) is 0 Å². The molecule has 0 atom stereocenters. The fourth-order valence-electron chi connectivity index (χ4n) is 1.18. The Bertz CT molecular complexity index is 324. The van der Waals surface area contributed by atoms with Gasteiger partial charge in [-0.3, -0.25) is 0 Å². The molecule has 0 radical (unpaired) electrons. The van der Waals surface area contributed by atoms with Crippen LogP contribution < -0.4 is 4.90 Å². The van der Waals surface area contributed by atoms with Crippen LogP contribution in [0.2, 0.25) is 5.15 Å². The topological polar surface area (TPSA) is 49.2 Å². The van der Waals surface area contributed by atoms with Crippen molar-refractivity contribution in [1.29, 1.82) is 0 Å². The van der Waals surface area contributed by atoms with Crippen molar-refractivity contribution in [3.8, 4) is 0 Å². The SMILES string of the molecule is CSCCN(C)c1ncnc(Cl)c1CO. The minimum Gasteiger partial charge on any atom is -0.391 e. The van der Waals surface area contributed by atoms with E-state index >= 15 is 0 Å². The fourth-order valence-corrected chi connectivity index (χ4v) is 1.83. The molecule has 0 aliphatic carbocycles. The van der Waals surface area contributed by atoms with Gasteiger partial charge in [0.05, 0.1) is 12.2 Å². The van der Waals surface area contributed by atoms with Gasteiger partial charge < -0.3 is 10.0 Å². The van der Waals surface area contributed by atoms with E-state index in [9.17, 15) is 5.11 Å². The molecular weight excluding hydrogens is 234 g/mol. The normalized spacial score (nSPS) is 10.4. The van der Waals surface area contributed by atoms with Gasteiger partial charge in [0.2, 0.25) is 0 Å². The summed E-state index contributed by atoms with van der Waals surface area (Å²) in [7, 11) is 1.92. The number of aliphatic hydroxyl groups is 1. The third-order valence-electron chi connectivity index (χ3n) is 2.02. The summed E-state index contributed by atoms with van der Waals surface area (Å²) < 4.78 is 0. The van der Waals surface area contributed by atoms with E-state index in [1.165, 1.54) is 6.33 Å². The number of aromatic nitrogens is 2. The number of aliphatic hydroxyl groups excluding tert-OH is 1. The molecule has 0 unspecified atom stereocenters. The first-order valence-corrected chi connectivity index (χ1v) is 6.28. The van der Waals surface area contributed by atoms with Gasteiger partial charge in [-0.2, -0.15) is 11.8 Å². The Labute approximate surface area is 98.7 Å². The molecule has 1 heterocycles. The van der Waals surface area contributed by atoms with Crippen LogP contribution in [0, 0.1) is 0 Å². The van der Waals surface area contributed by atoms with Crippen molar-refractivity contribution in [3.05, 3.63) is 17.0 Å². The second-order valence-corrected chi connectivity index (χ2v) is 4.38. The van der Waals surface area contributed by atoms with Crippen LogP contribution in [0.4, 0.5) is 5.82 Å². The minimum absolute atomic E-state index is 0.140. The number of thioether (sulfide) groups is 1. The lowest BCUT2D eigenvalue weighted by Gasteiger charge is -2.20. The lowest BCUT2D eigenvalue weighted by molar-refractivity contribution is 0.281. The molecule has 0 aliphatic rings. The Balaban J connectivity index is 2.87. The van der Waals surface area contributed by atoms with Gasteiger partial charge in [-0.25, -0.2) is 9.97 Å². The molecule has 1 rings (SSSR count). The van der Waals surface area contributed by atoms with Gasteiger partial charge in [-0.05, 0) is 6.26 Å². The number of halogens is 1. The monoisotopic (exact) mass is 247 g/mol. The van der Waals surface area contributed by atoms with Gasteiger partial charge in [0.1, 0.15) is 17.3 Å². The molecule has 0 spiro atoms. The summed E-state index contributed by atoms with van der Waals surface area (Å²) in [6, 6.07) is 0. The summed E-state index contributed by atoms with van der Waals surface area (Å²) >= 11 is 7.63. The molecule has 0 saturated carbocycles. The first-order valence-electron chi connectivity index (χ1n) is 4.51. The molecule has 0 aromatic carbocycles. The van der Waals surface area contributed by atoms with Crippen LogP contribution in [0.3, 0.4) is 0 Å². The predicted molar refractivity (Wildman–Crippen MR) is 64.6 cm³/mol. The van der Waals surface area contributed by atoms with Gasteiger partial charge in [-0.1, -0.05) is 11.6 Å². The molecule has 6 heteroatoms. The van der Waals surface area contributed by atoms with E-state index in [0.717, 1.165) is 12.3 Å². The molecule has 1 aromatic heterocycles. The number of hydrogen-bond donors (Lipinski definition) is 1. The van der Waals surface area contributed by atoms with Crippen LogP contribution >= 0.6 is 23.4 Å². The third-order valence-corrected chi connectivity index (χ3v) is 2.94. The molecule has 4 nitrogen and oxygen atoms in total. The maximum atomic E-state index is 9.18. The van der Waals surface area contributed by atoms with Crippen molar-refractivity contribution in [3.63, 3.8) is 0 Å². The standard InChI is InChI=1S/C9H14ClN3OS/c1-13(3-4-15-2)9-7(5-14)8(10)11-6-12-9/h6,14H,3-5H2,1-2H3. The van der Waals surface area contributed by atoms with Crippen LogP contribution in [0.5, 0.6) is 0 Å². The van der Waals surface area contributed by atoms with Crippen LogP contribution in [0.15, 0.2) is 6.33 Å². The molecule has 0 amide bonds. The van der Waals surface area contributed by atoms with Crippen LogP contribution in [-0.4, -0.2) is 40.7 Å². The average molecular weight is 248 g/mol. The second-order valence-electron chi connectivity index (χ2n) is 3.04. The minimum atomic E-state index is -0.140. The van der Waals surface area contributed by atoms with Crippen molar-refractivity contribution < 1.29 is 5.11 Å². The van der Waals surface area contributed by atoms with Gasteiger partial charge in [0.15, 0.2) is 0 Å². The number of anilines is 1. The maximum Gasteiger partial charge on any atom is 0.140 e. The van der Waals surface area contributed by atoms with Gasteiger partial charge in [-0.15, -0.1) is 0 Å². The zero-order valence-corrected chi connectivity index (χ0v) is 10.3. The Morgan fingerprint density at radius 2 is 2.27 bits per heavy atom. The molecule has 1 N–H and O–H groups in total. The molecule has 1 aromatic rings. The van der Waals surface area contributed by atoms with E-state index in [2.05, 4.69) is 9.97 Å². The molecule has 84 valence electrons. The Morgan fingerprint density at radius 3 is 2.87 bits per heavy atom. The van der Waals surface area contributed by atoms with Crippen LogP contribution in [0.25, 0.3) is 0 Å². The van der Waals surface area contributed by atoms with Crippen molar-refractivity contribution in [2.24, 2.45) is 0 Å². The summed E-state index contributed by atoms with van der Waals surface area (Å²) in [5, 5.41) is 9.50. The highest BCUT2D eigenvalue weighted by Crippen LogP contribution is 2.22. The third kappa shape index (κ3) is 3.22. The lowest BCUT2D eigenvalue weighted by atomic mass is 10.3. The van der Waals surface area contributed by atoms with Crippen LogP contribution in [0.1, 0.15) is 5.56 Å². The zero-order chi connectivity index (χ0) is 11.3. The first kappa shape index (κ1) is 12.5. The Morgan fingerprint density at radius 1 is 1.53 bits per heavy atom. The Kier molecular flexibility index (Phi) is 5.14. The van der Waals surface area contributed by atoms with E-state index in [1.807, 2.05) is 18.2 Å². The molecule has 0 saturated heterocycles. The maximum absolute atomic E-state index is 9.18. The van der Waals surface area contributed by atoms with Crippen molar-refractivity contribution in [2.45, 2.75) is 6.61 Å². The highest BCUT2D eigenvalue weighted by Gasteiger charge is 2.12. The number of rotatable bonds is 5. The van der Waals surface area contributed by atoms with E-state index in [-0.39, 0.29) is 6.61 Å². The van der Waals surface area contributed by atoms with Gasteiger partial charge >= 0.3 is 0 Å². The largest absolute Gasteiger partial charge is 0.391 e. The van der Waals surface area contributed by atoms with E-state index in [1.54, 1.807) is 11.8 Å². The number of hydrogen-bond acceptors (Lipinski definition) is 5. The van der Waals surface area contributed by atoms with E-state index in [0.29, 0.717) is 16.5 Å². The van der Waals surface area contributed by atoms with Crippen molar-refractivity contribution in [1.82, 2.24) is 9.97 Å². The summed E-state index contributed by atoms with van der Waals surface area (Å²) in [6.07, 6.45) is 3.46. The molecule has 0 aliphatic heterocycles. The highest BCUT2D eigenvalue weighted by atomic mass is 35.5. The fraction of sp³-hybridized carbons (Fsp3) is 0.556. The summed E-state index contributed by atoms with van der Waals surface area (Å²) in [6.45, 7) is 0.722. The van der Waals surface area contributed by atoms with Crippen molar-refractivity contribution >= 4 is 29.2 Å². The lowest BCUT2D eigenvalue weighted by Crippen LogP contribution is -2.23. The molecular formula is C9H14ClN3OS.